The Labute approximate surface area is 179 Å². The lowest BCUT2D eigenvalue weighted by atomic mass is 10.00. The maximum atomic E-state index is 12.4. The number of fused-ring (bicyclic) bond motifs is 1. The summed E-state index contributed by atoms with van der Waals surface area (Å²) in [6.45, 7) is 6.87. The fraction of sp³-hybridized carbons (Fsp3) is 0.409. The zero-order chi connectivity index (χ0) is 22.3. The van der Waals surface area contributed by atoms with Gasteiger partial charge in [0, 0.05) is 61.8 Å². The van der Waals surface area contributed by atoms with Crippen molar-refractivity contribution in [2.45, 2.75) is 26.4 Å². The van der Waals surface area contributed by atoms with Gasteiger partial charge in [-0.25, -0.2) is 4.79 Å². The molecule has 1 aliphatic heterocycles. The summed E-state index contributed by atoms with van der Waals surface area (Å²) in [6, 6.07) is 6.20. The third-order valence-electron chi connectivity index (χ3n) is 6.19. The van der Waals surface area contributed by atoms with Crippen LogP contribution in [-0.4, -0.2) is 67.9 Å². The van der Waals surface area contributed by atoms with E-state index in [0.717, 1.165) is 17.0 Å². The Bertz CT molecular complexity index is 1120. The maximum Gasteiger partial charge on any atom is 0.352 e. The molecule has 31 heavy (non-hydrogen) atoms. The molecule has 164 valence electrons. The third-order valence-corrected chi connectivity index (χ3v) is 6.19. The molecule has 0 radical (unpaired) electrons. The Morgan fingerprint density at radius 2 is 1.81 bits per heavy atom. The fourth-order valence-corrected chi connectivity index (χ4v) is 4.55. The first-order valence-corrected chi connectivity index (χ1v) is 10.2. The summed E-state index contributed by atoms with van der Waals surface area (Å²) in [6.07, 6.45) is 0. The van der Waals surface area contributed by atoms with E-state index in [1.165, 1.54) is 0 Å². The van der Waals surface area contributed by atoms with Gasteiger partial charge >= 0.3 is 11.9 Å². The van der Waals surface area contributed by atoms with Gasteiger partial charge in [0.05, 0.1) is 5.69 Å². The number of aromatic carboxylic acids is 1. The van der Waals surface area contributed by atoms with Crippen LogP contribution < -0.4 is 0 Å². The summed E-state index contributed by atoms with van der Waals surface area (Å²) < 4.78 is 6.81. The summed E-state index contributed by atoms with van der Waals surface area (Å²) >= 11 is 0. The molecule has 1 saturated heterocycles. The van der Waals surface area contributed by atoms with E-state index in [1.807, 2.05) is 30.9 Å². The van der Waals surface area contributed by atoms with Gasteiger partial charge in [0.25, 0.3) is 0 Å². The normalized spacial score (nSPS) is 16.6. The molecule has 0 amide bonds. The van der Waals surface area contributed by atoms with Crippen LogP contribution in [0.3, 0.4) is 0 Å². The van der Waals surface area contributed by atoms with Crippen molar-refractivity contribution in [3.63, 3.8) is 0 Å². The predicted molar refractivity (Wildman–Crippen MR) is 113 cm³/mol. The fourth-order valence-electron chi connectivity index (χ4n) is 4.55. The number of rotatable bonds is 6. The molecule has 0 bridgehead atoms. The van der Waals surface area contributed by atoms with Crippen molar-refractivity contribution in [2.75, 3.05) is 26.2 Å². The van der Waals surface area contributed by atoms with Crippen LogP contribution in [0, 0.1) is 13.8 Å². The van der Waals surface area contributed by atoms with Gasteiger partial charge in [-0.1, -0.05) is 23.4 Å². The van der Waals surface area contributed by atoms with Gasteiger partial charge in [-0.15, -0.1) is 0 Å². The van der Waals surface area contributed by atoms with Crippen LogP contribution in [0.25, 0.3) is 10.9 Å². The molecule has 0 unspecified atom stereocenters. The lowest BCUT2D eigenvalue weighted by Crippen LogP contribution is -2.49. The molecule has 4 rings (SSSR count). The van der Waals surface area contributed by atoms with Crippen molar-refractivity contribution in [1.29, 1.82) is 0 Å². The highest BCUT2D eigenvalue weighted by Crippen LogP contribution is 2.34. The molecular weight excluding hydrogens is 400 g/mol. The Morgan fingerprint density at radius 1 is 1.13 bits per heavy atom. The van der Waals surface area contributed by atoms with Gasteiger partial charge < -0.3 is 19.3 Å². The quantitative estimate of drug-likeness (QED) is 0.618. The van der Waals surface area contributed by atoms with E-state index in [4.69, 9.17) is 4.52 Å². The minimum Gasteiger partial charge on any atom is -0.480 e. The molecule has 0 spiro atoms. The van der Waals surface area contributed by atoms with Gasteiger partial charge in [0.1, 0.15) is 17.5 Å². The number of benzene rings is 1. The Kier molecular flexibility index (Phi) is 5.55. The topological polar surface area (TPSA) is 112 Å². The van der Waals surface area contributed by atoms with E-state index in [-0.39, 0.29) is 5.69 Å². The van der Waals surface area contributed by atoms with Crippen molar-refractivity contribution in [3.05, 3.63) is 52.5 Å². The van der Waals surface area contributed by atoms with Crippen LogP contribution in [0.1, 0.15) is 39.1 Å². The number of hydrogen-bond donors (Lipinski definition) is 2. The number of piperazine rings is 1. The van der Waals surface area contributed by atoms with Crippen molar-refractivity contribution in [1.82, 2.24) is 19.5 Å². The first-order valence-electron chi connectivity index (χ1n) is 10.2. The van der Waals surface area contributed by atoms with Crippen LogP contribution >= 0.6 is 0 Å². The molecule has 9 heteroatoms. The van der Waals surface area contributed by atoms with Gasteiger partial charge in [0.2, 0.25) is 0 Å². The Morgan fingerprint density at radius 3 is 2.39 bits per heavy atom. The largest absolute Gasteiger partial charge is 0.480 e. The van der Waals surface area contributed by atoms with Crippen molar-refractivity contribution < 1.29 is 24.3 Å². The number of carbonyl (C=O) groups is 2. The summed E-state index contributed by atoms with van der Waals surface area (Å²) in [5, 5.41) is 24.6. The van der Waals surface area contributed by atoms with E-state index < -0.39 is 18.0 Å². The molecule has 1 aliphatic rings. The number of nitrogens with zero attached hydrogens (tertiary/aromatic N) is 4. The Hall–Kier alpha value is -3.17. The zero-order valence-electron chi connectivity index (χ0n) is 17.8. The van der Waals surface area contributed by atoms with Crippen LogP contribution in [-0.2, 0) is 18.4 Å². The number of carboxylic acid groups (broad SMARTS) is 2. The molecule has 3 aromatic rings. The molecule has 0 aliphatic carbocycles. The number of aliphatic carboxylic acids is 1. The average Bonchev–Trinajstić information content (AvgIpc) is 3.21. The first-order chi connectivity index (χ1) is 14.8. The minimum absolute atomic E-state index is 0.0201. The summed E-state index contributed by atoms with van der Waals surface area (Å²) in [5.74, 6) is -1.37. The van der Waals surface area contributed by atoms with E-state index in [2.05, 4.69) is 10.1 Å². The highest BCUT2D eigenvalue weighted by Gasteiger charge is 2.36. The first kappa shape index (κ1) is 21.1. The molecular formula is C22H26N4O5. The summed E-state index contributed by atoms with van der Waals surface area (Å²) in [4.78, 5) is 28.5. The molecule has 2 aromatic heterocycles. The monoisotopic (exact) mass is 426 g/mol. The van der Waals surface area contributed by atoms with E-state index >= 15 is 0 Å². The minimum atomic E-state index is -1.13. The van der Waals surface area contributed by atoms with Gasteiger partial charge in [0.15, 0.2) is 0 Å². The molecule has 0 saturated carbocycles. The zero-order valence-corrected chi connectivity index (χ0v) is 17.8. The third kappa shape index (κ3) is 3.70. The lowest BCUT2D eigenvalue weighted by Gasteiger charge is -2.37. The van der Waals surface area contributed by atoms with Crippen molar-refractivity contribution in [3.8, 4) is 0 Å². The number of hydrogen-bond acceptors (Lipinski definition) is 6. The summed E-state index contributed by atoms with van der Waals surface area (Å²) in [7, 11) is 1.66. The Balaban J connectivity index is 1.62. The van der Waals surface area contributed by atoms with E-state index in [0.29, 0.717) is 49.2 Å². The number of para-hydroxylation sites is 1. The highest BCUT2D eigenvalue weighted by molar-refractivity contribution is 6.01. The van der Waals surface area contributed by atoms with Crippen LogP contribution in [0.15, 0.2) is 28.8 Å². The predicted octanol–water partition coefficient (Wildman–Crippen LogP) is 2.42. The molecule has 1 atom stereocenters. The number of aryl methyl sites for hydroxylation is 3. The average molecular weight is 426 g/mol. The molecule has 3 heterocycles. The standard InChI is InChI=1S/C22H26N4O5/c1-13-16(14(2)31-23-13)12-25-8-10-26(11-9-25)20(22(29)30)18-15-6-4-5-7-17(15)24(3)19(18)21(27)28/h4-7,20H,8-12H2,1-3H3,(H,27,28)(H,29,30)/t20-/m1/s1. The smallest absolute Gasteiger partial charge is 0.352 e. The second-order valence-electron chi connectivity index (χ2n) is 8.00. The van der Waals surface area contributed by atoms with Crippen molar-refractivity contribution >= 4 is 22.8 Å². The number of carboxylic acids is 2. The van der Waals surface area contributed by atoms with Gasteiger partial charge in [-0.05, 0) is 19.9 Å². The van der Waals surface area contributed by atoms with Gasteiger partial charge in [-0.2, -0.15) is 0 Å². The van der Waals surface area contributed by atoms with Crippen molar-refractivity contribution in [2.24, 2.45) is 7.05 Å². The van der Waals surface area contributed by atoms with E-state index in [9.17, 15) is 19.8 Å². The second-order valence-corrected chi connectivity index (χ2v) is 8.00. The molecule has 1 aromatic carbocycles. The van der Waals surface area contributed by atoms with E-state index in [1.54, 1.807) is 23.7 Å². The lowest BCUT2D eigenvalue weighted by molar-refractivity contribution is -0.144. The van der Waals surface area contributed by atoms with Crippen LogP contribution in [0.4, 0.5) is 0 Å². The summed E-state index contributed by atoms with van der Waals surface area (Å²) in [5.41, 5.74) is 3.00. The maximum absolute atomic E-state index is 12.4. The molecule has 2 N–H and O–H groups in total. The highest BCUT2D eigenvalue weighted by atomic mass is 16.5. The van der Waals surface area contributed by atoms with Crippen LogP contribution in [0.5, 0.6) is 0 Å². The van der Waals surface area contributed by atoms with Gasteiger partial charge in [-0.3, -0.25) is 14.6 Å². The number of aromatic nitrogens is 2. The second kappa shape index (κ2) is 8.16. The molecule has 1 fully saturated rings. The van der Waals surface area contributed by atoms with Crippen LogP contribution in [0.2, 0.25) is 0 Å². The molecule has 9 nitrogen and oxygen atoms in total. The SMILES string of the molecule is Cc1noc(C)c1CN1CCN([C@@H](C(=O)O)c2c(C(=O)O)n(C)c3ccccc23)CC1.